The summed E-state index contributed by atoms with van der Waals surface area (Å²) in [5.41, 5.74) is 6.52. The highest BCUT2D eigenvalue weighted by molar-refractivity contribution is 14.0. The Morgan fingerprint density at radius 1 is 1.21 bits per heavy atom. The van der Waals surface area contributed by atoms with Crippen LogP contribution in [0.2, 0.25) is 0 Å². The van der Waals surface area contributed by atoms with Crippen molar-refractivity contribution in [2.24, 2.45) is 16.1 Å². The van der Waals surface area contributed by atoms with Crippen LogP contribution in [0.4, 0.5) is 0 Å². The maximum Gasteiger partial charge on any atom is 0.188 e. The topological polar surface area (TPSA) is 50.4 Å². The van der Waals surface area contributed by atoms with Crippen LogP contribution in [0.3, 0.4) is 0 Å². The number of aliphatic imine (C=N–C) groups is 1. The van der Waals surface area contributed by atoms with Crippen LogP contribution in [0.25, 0.3) is 0 Å². The van der Waals surface area contributed by atoms with Crippen molar-refractivity contribution in [1.82, 2.24) is 5.32 Å². The number of nitrogens with two attached hydrogens (primary N) is 1. The van der Waals surface area contributed by atoms with E-state index in [1.807, 2.05) is 0 Å². The molecule has 0 aromatic heterocycles. The van der Waals surface area contributed by atoms with Gasteiger partial charge < -0.3 is 11.1 Å². The number of hydrogen-bond donors (Lipinski definition) is 2. The highest BCUT2D eigenvalue weighted by Crippen LogP contribution is 2.44. The largest absolute Gasteiger partial charge is 0.370 e. The van der Waals surface area contributed by atoms with Crippen molar-refractivity contribution < 1.29 is 0 Å². The highest BCUT2D eigenvalue weighted by Gasteiger charge is 2.35. The monoisotopic (exact) mass is 379 g/mol. The zero-order valence-corrected chi connectivity index (χ0v) is 14.6. The van der Waals surface area contributed by atoms with Crippen LogP contribution in [0.15, 0.2) is 4.99 Å². The van der Waals surface area contributed by atoms with E-state index in [0.29, 0.717) is 17.4 Å². The molecular weight excluding hydrogens is 349 g/mol. The SMILES string of the molecule is CCCC1(CN=C(N)NC2CCCCC2)CCC1.I. The Morgan fingerprint density at radius 3 is 2.42 bits per heavy atom. The molecule has 4 heteroatoms. The molecule has 2 saturated carbocycles. The van der Waals surface area contributed by atoms with Crippen LogP contribution in [0, 0.1) is 5.41 Å². The van der Waals surface area contributed by atoms with Gasteiger partial charge in [0.1, 0.15) is 0 Å². The molecule has 0 aromatic carbocycles. The lowest BCUT2D eigenvalue weighted by molar-refractivity contribution is 0.130. The number of rotatable bonds is 5. The number of nitrogens with one attached hydrogen (secondary N) is 1. The molecule has 2 aliphatic carbocycles. The average Bonchev–Trinajstić information content (AvgIpc) is 2.34. The Balaban J connectivity index is 0.00000180. The molecule has 0 heterocycles. The van der Waals surface area contributed by atoms with Gasteiger partial charge in [-0.3, -0.25) is 4.99 Å². The second-order valence-corrected chi connectivity index (χ2v) is 6.28. The van der Waals surface area contributed by atoms with Crippen LogP contribution in [0.1, 0.15) is 71.1 Å². The van der Waals surface area contributed by atoms with Crippen molar-refractivity contribution in [2.75, 3.05) is 6.54 Å². The summed E-state index contributed by atoms with van der Waals surface area (Å²) in [6, 6.07) is 0.575. The van der Waals surface area contributed by atoms with Gasteiger partial charge in [-0.1, -0.05) is 39.0 Å². The molecule has 2 rings (SSSR count). The molecule has 3 nitrogen and oxygen atoms in total. The zero-order valence-electron chi connectivity index (χ0n) is 12.3. The predicted octanol–water partition coefficient (Wildman–Crippen LogP) is 3.81. The first kappa shape index (κ1) is 17.1. The minimum absolute atomic E-state index is 0. The molecule has 0 unspecified atom stereocenters. The third kappa shape index (κ3) is 5.12. The van der Waals surface area contributed by atoms with Gasteiger partial charge >= 0.3 is 0 Å². The van der Waals surface area contributed by atoms with Gasteiger partial charge in [0.25, 0.3) is 0 Å². The number of hydrogen-bond acceptors (Lipinski definition) is 1. The van der Waals surface area contributed by atoms with Gasteiger partial charge in [0.15, 0.2) is 5.96 Å². The molecule has 0 aliphatic heterocycles. The lowest BCUT2D eigenvalue weighted by atomic mass is 9.66. The molecule has 0 amide bonds. The summed E-state index contributed by atoms with van der Waals surface area (Å²) < 4.78 is 0. The Hall–Kier alpha value is 0. The van der Waals surface area contributed by atoms with Crippen LogP contribution >= 0.6 is 24.0 Å². The number of nitrogens with zero attached hydrogens (tertiary/aromatic N) is 1. The van der Waals surface area contributed by atoms with Crippen molar-refractivity contribution in [3.63, 3.8) is 0 Å². The predicted molar refractivity (Wildman–Crippen MR) is 93.1 cm³/mol. The molecule has 3 N–H and O–H groups in total. The quantitative estimate of drug-likeness (QED) is 0.434. The second kappa shape index (κ2) is 8.32. The van der Waals surface area contributed by atoms with Crippen LogP contribution in [0.5, 0.6) is 0 Å². The van der Waals surface area contributed by atoms with E-state index >= 15 is 0 Å². The van der Waals surface area contributed by atoms with E-state index in [4.69, 9.17) is 5.73 Å². The van der Waals surface area contributed by atoms with Crippen LogP contribution in [-0.2, 0) is 0 Å². The fraction of sp³-hybridized carbons (Fsp3) is 0.933. The molecule has 0 bridgehead atoms. The van der Waals surface area contributed by atoms with Crippen LogP contribution in [-0.4, -0.2) is 18.5 Å². The molecule has 2 fully saturated rings. The first-order chi connectivity index (χ1) is 8.74. The van der Waals surface area contributed by atoms with Gasteiger partial charge in [-0.15, -0.1) is 24.0 Å². The molecule has 0 saturated heterocycles. The van der Waals surface area contributed by atoms with Crippen molar-refractivity contribution in [1.29, 1.82) is 0 Å². The lowest BCUT2D eigenvalue weighted by Crippen LogP contribution is -2.42. The summed E-state index contributed by atoms with van der Waals surface area (Å²) >= 11 is 0. The highest BCUT2D eigenvalue weighted by atomic mass is 127. The molecule has 0 spiro atoms. The maximum absolute atomic E-state index is 6.03. The Bertz CT molecular complexity index is 281. The average molecular weight is 379 g/mol. The van der Waals surface area contributed by atoms with Gasteiger partial charge in [0.05, 0.1) is 0 Å². The van der Waals surface area contributed by atoms with Gasteiger partial charge in [-0.2, -0.15) is 0 Å². The van der Waals surface area contributed by atoms with Crippen molar-refractivity contribution >= 4 is 29.9 Å². The first-order valence-electron chi connectivity index (χ1n) is 7.81. The van der Waals surface area contributed by atoms with E-state index in [-0.39, 0.29) is 24.0 Å². The third-order valence-corrected chi connectivity index (χ3v) is 4.74. The third-order valence-electron chi connectivity index (χ3n) is 4.74. The second-order valence-electron chi connectivity index (χ2n) is 6.28. The van der Waals surface area contributed by atoms with E-state index < -0.39 is 0 Å². The van der Waals surface area contributed by atoms with Crippen molar-refractivity contribution in [3.05, 3.63) is 0 Å². The van der Waals surface area contributed by atoms with E-state index in [1.165, 1.54) is 64.2 Å². The molecule has 112 valence electrons. The Labute approximate surface area is 135 Å². The fourth-order valence-electron chi connectivity index (χ4n) is 3.45. The van der Waals surface area contributed by atoms with Gasteiger partial charge in [0, 0.05) is 12.6 Å². The minimum atomic E-state index is 0. The van der Waals surface area contributed by atoms with E-state index in [9.17, 15) is 0 Å². The standard InChI is InChI=1S/C15H29N3.HI/c1-2-9-15(10-6-11-15)12-17-14(16)18-13-7-4-3-5-8-13;/h13H,2-12H2,1H3,(H3,16,17,18);1H. The summed E-state index contributed by atoms with van der Waals surface area (Å²) in [6.07, 6.45) is 13.2. The van der Waals surface area contributed by atoms with E-state index in [1.54, 1.807) is 0 Å². The lowest BCUT2D eigenvalue weighted by Gasteiger charge is -2.40. The summed E-state index contributed by atoms with van der Waals surface area (Å²) in [6.45, 7) is 3.21. The molecule has 0 radical (unpaired) electrons. The van der Waals surface area contributed by atoms with Crippen molar-refractivity contribution in [2.45, 2.75) is 77.2 Å². The Kier molecular flexibility index (Phi) is 7.47. The summed E-state index contributed by atoms with van der Waals surface area (Å²) in [7, 11) is 0. The Morgan fingerprint density at radius 2 is 1.89 bits per heavy atom. The maximum atomic E-state index is 6.03. The minimum Gasteiger partial charge on any atom is -0.370 e. The molecule has 19 heavy (non-hydrogen) atoms. The van der Waals surface area contributed by atoms with Crippen molar-refractivity contribution in [3.8, 4) is 0 Å². The van der Waals surface area contributed by atoms with Gasteiger partial charge in [0.2, 0.25) is 0 Å². The fourth-order valence-corrected chi connectivity index (χ4v) is 3.45. The van der Waals surface area contributed by atoms with E-state index in [0.717, 1.165) is 6.54 Å². The molecule has 0 aromatic rings. The van der Waals surface area contributed by atoms with Crippen LogP contribution < -0.4 is 11.1 Å². The molecule has 0 atom stereocenters. The summed E-state index contributed by atoms with van der Waals surface area (Å²) in [5.74, 6) is 0.685. The molecular formula is C15H30IN3. The smallest absolute Gasteiger partial charge is 0.188 e. The first-order valence-corrected chi connectivity index (χ1v) is 7.81. The summed E-state index contributed by atoms with van der Waals surface area (Å²) in [5, 5.41) is 3.41. The summed E-state index contributed by atoms with van der Waals surface area (Å²) in [4.78, 5) is 4.61. The molecule has 2 aliphatic rings. The van der Waals surface area contributed by atoms with E-state index in [2.05, 4.69) is 17.2 Å². The van der Waals surface area contributed by atoms with Gasteiger partial charge in [-0.05, 0) is 37.5 Å². The number of guanidine groups is 1. The zero-order chi connectivity index (χ0) is 12.8. The normalized spacial score (nSPS) is 23.3. The number of halogens is 1. The van der Waals surface area contributed by atoms with Gasteiger partial charge in [-0.25, -0.2) is 0 Å².